The van der Waals surface area contributed by atoms with E-state index in [1.165, 1.54) is 27.8 Å². The van der Waals surface area contributed by atoms with E-state index in [-0.39, 0.29) is 0 Å². The molecule has 0 bridgehead atoms. The molecule has 35 heavy (non-hydrogen) atoms. The van der Waals surface area contributed by atoms with Crippen LogP contribution in [0.3, 0.4) is 0 Å². The van der Waals surface area contributed by atoms with Gasteiger partial charge in [-0.2, -0.15) is 0 Å². The Kier molecular flexibility index (Phi) is 5.77. The summed E-state index contributed by atoms with van der Waals surface area (Å²) >= 11 is 9.85. The highest BCUT2D eigenvalue weighted by molar-refractivity contribution is 9.10. The molecule has 168 valence electrons. The van der Waals surface area contributed by atoms with E-state index in [1.54, 1.807) is 0 Å². The van der Waals surface area contributed by atoms with Crippen LogP contribution in [-0.4, -0.2) is 4.40 Å². The number of rotatable bonds is 4. The number of halogens is 2. The first-order valence-electron chi connectivity index (χ1n) is 11.5. The largest absolute Gasteiger partial charge is 0.309 e. The summed E-state index contributed by atoms with van der Waals surface area (Å²) in [5, 5.41) is 0.731. The Hall–Kier alpha value is -3.59. The molecule has 0 N–H and O–H groups in total. The maximum atomic E-state index is 6.27. The van der Waals surface area contributed by atoms with Gasteiger partial charge in [0.1, 0.15) is 0 Å². The van der Waals surface area contributed by atoms with Crippen molar-refractivity contribution in [2.24, 2.45) is 0 Å². The van der Waals surface area contributed by atoms with Crippen LogP contribution in [0.5, 0.6) is 0 Å². The molecular weight excluding hydrogens is 514 g/mol. The lowest BCUT2D eigenvalue weighted by molar-refractivity contribution is 1.21. The molecule has 0 aliphatic heterocycles. The fourth-order valence-corrected chi connectivity index (χ4v) is 5.06. The maximum Gasteiger partial charge on any atom is 0.0613 e. The Morgan fingerprint density at radius 2 is 1.11 bits per heavy atom. The number of fused-ring (bicyclic) bond motifs is 1. The minimum atomic E-state index is 0.731. The molecule has 0 unspecified atom stereocenters. The van der Waals surface area contributed by atoms with Crippen LogP contribution in [0.15, 0.2) is 132 Å². The molecule has 2 aromatic heterocycles. The van der Waals surface area contributed by atoms with Crippen LogP contribution >= 0.6 is 27.5 Å². The summed E-state index contributed by atoms with van der Waals surface area (Å²) < 4.78 is 3.44. The van der Waals surface area contributed by atoms with Gasteiger partial charge in [-0.3, -0.25) is 0 Å². The molecule has 0 saturated carbocycles. The molecule has 4 aromatic carbocycles. The lowest BCUT2D eigenvalue weighted by Crippen LogP contribution is -1.96. The quantitative estimate of drug-likeness (QED) is 0.212. The second-order valence-electron chi connectivity index (χ2n) is 8.54. The SMILES string of the molecule is Clc1ccc(-c2c(-c3ccc(Br)cc3)cc3cc(-c4ccccc4)cc(-c4ccccc4)n23)cc1. The summed E-state index contributed by atoms with van der Waals surface area (Å²) in [6.45, 7) is 0. The number of hydrogen-bond acceptors (Lipinski definition) is 0. The predicted octanol–water partition coefficient (Wildman–Crippen LogP) is 10.0. The highest BCUT2D eigenvalue weighted by Gasteiger charge is 2.19. The summed E-state index contributed by atoms with van der Waals surface area (Å²) in [6, 6.07) is 44.7. The Balaban J connectivity index is 1.73. The van der Waals surface area contributed by atoms with Crippen molar-refractivity contribution in [1.82, 2.24) is 4.40 Å². The average molecular weight is 535 g/mol. The zero-order chi connectivity index (χ0) is 23.8. The van der Waals surface area contributed by atoms with E-state index in [4.69, 9.17) is 11.6 Å². The molecule has 0 atom stereocenters. The monoisotopic (exact) mass is 533 g/mol. The number of hydrogen-bond donors (Lipinski definition) is 0. The minimum absolute atomic E-state index is 0.731. The van der Waals surface area contributed by atoms with Crippen molar-refractivity contribution in [2.75, 3.05) is 0 Å². The Morgan fingerprint density at radius 1 is 0.514 bits per heavy atom. The molecule has 0 spiro atoms. The van der Waals surface area contributed by atoms with Gasteiger partial charge in [0.15, 0.2) is 0 Å². The van der Waals surface area contributed by atoms with E-state index < -0.39 is 0 Å². The molecule has 0 radical (unpaired) electrons. The van der Waals surface area contributed by atoms with Crippen molar-refractivity contribution in [3.63, 3.8) is 0 Å². The first-order chi connectivity index (χ1) is 17.2. The Labute approximate surface area is 218 Å². The van der Waals surface area contributed by atoms with Gasteiger partial charge >= 0.3 is 0 Å². The maximum absolute atomic E-state index is 6.27. The third-order valence-corrected chi connectivity index (χ3v) is 7.10. The molecule has 2 heterocycles. The van der Waals surface area contributed by atoms with Gasteiger partial charge in [0.05, 0.1) is 11.4 Å². The summed E-state index contributed by atoms with van der Waals surface area (Å²) in [6.07, 6.45) is 0. The van der Waals surface area contributed by atoms with Crippen LogP contribution in [0, 0.1) is 0 Å². The molecule has 0 aliphatic rings. The number of nitrogens with zero attached hydrogens (tertiary/aromatic N) is 1. The van der Waals surface area contributed by atoms with Crippen LogP contribution in [0.25, 0.3) is 50.3 Å². The summed E-state index contributed by atoms with van der Waals surface area (Å²) in [7, 11) is 0. The normalized spacial score (nSPS) is 11.1. The van der Waals surface area contributed by atoms with Crippen molar-refractivity contribution in [2.45, 2.75) is 0 Å². The zero-order valence-corrected chi connectivity index (χ0v) is 21.2. The number of pyridine rings is 1. The van der Waals surface area contributed by atoms with Crippen molar-refractivity contribution in [1.29, 1.82) is 0 Å². The van der Waals surface area contributed by atoms with E-state index in [0.717, 1.165) is 32.0 Å². The molecular formula is C32H21BrClN. The summed E-state index contributed by atoms with van der Waals surface area (Å²) in [5.41, 5.74) is 10.5. The van der Waals surface area contributed by atoms with Gasteiger partial charge in [-0.1, -0.05) is 112 Å². The smallest absolute Gasteiger partial charge is 0.0613 e. The third kappa shape index (κ3) is 4.20. The third-order valence-electron chi connectivity index (χ3n) is 6.32. The van der Waals surface area contributed by atoms with Crippen molar-refractivity contribution >= 4 is 33.0 Å². The molecule has 6 aromatic rings. The van der Waals surface area contributed by atoms with E-state index in [0.29, 0.717) is 0 Å². The molecule has 3 heteroatoms. The topological polar surface area (TPSA) is 4.41 Å². The standard InChI is InChI=1S/C32H21BrClN/c33-27-15-11-23(12-16-27)30-21-29-19-26(22-7-3-1-4-8-22)20-31(24-9-5-2-6-10-24)35(29)32(30)25-13-17-28(34)18-14-25/h1-21H. The fourth-order valence-electron chi connectivity index (χ4n) is 4.67. The first kappa shape index (κ1) is 21.9. The molecule has 0 saturated heterocycles. The van der Waals surface area contributed by atoms with E-state index in [9.17, 15) is 0 Å². The first-order valence-corrected chi connectivity index (χ1v) is 12.7. The van der Waals surface area contributed by atoms with Crippen LogP contribution in [0.1, 0.15) is 0 Å². The highest BCUT2D eigenvalue weighted by atomic mass is 79.9. The summed E-state index contributed by atoms with van der Waals surface area (Å²) in [5.74, 6) is 0. The van der Waals surface area contributed by atoms with Gasteiger partial charge in [0, 0.05) is 20.6 Å². The van der Waals surface area contributed by atoms with Gasteiger partial charge in [-0.15, -0.1) is 0 Å². The average Bonchev–Trinajstić information content (AvgIpc) is 3.29. The second-order valence-corrected chi connectivity index (χ2v) is 9.89. The van der Waals surface area contributed by atoms with Crippen molar-refractivity contribution in [3.8, 4) is 44.8 Å². The van der Waals surface area contributed by atoms with Crippen LogP contribution in [0.4, 0.5) is 0 Å². The number of aromatic nitrogens is 1. The molecule has 0 amide bonds. The minimum Gasteiger partial charge on any atom is -0.309 e. The fraction of sp³-hybridized carbons (Fsp3) is 0. The highest BCUT2D eigenvalue weighted by Crippen LogP contribution is 2.40. The Morgan fingerprint density at radius 3 is 1.77 bits per heavy atom. The molecule has 0 aliphatic carbocycles. The van der Waals surface area contributed by atoms with Gasteiger partial charge in [-0.25, -0.2) is 0 Å². The molecule has 1 nitrogen and oxygen atoms in total. The van der Waals surface area contributed by atoms with Crippen molar-refractivity contribution < 1.29 is 0 Å². The van der Waals surface area contributed by atoms with E-state index in [1.807, 2.05) is 12.1 Å². The Bertz CT molecular complexity index is 1620. The molecule has 6 rings (SSSR count). The van der Waals surface area contributed by atoms with Gasteiger partial charge in [0.2, 0.25) is 0 Å². The second kappa shape index (κ2) is 9.22. The van der Waals surface area contributed by atoms with E-state index >= 15 is 0 Å². The zero-order valence-electron chi connectivity index (χ0n) is 18.8. The molecule has 0 fully saturated rings. The van der Waals surface area contributed by atoms with Crippen molar-refractivity contribution in [3.05, 3.63) is 137 Å². The van der Waals surface area contributed by atoms with Gasteiger partial charge in [-0.05, 0) is 70.3 Å². The van der Waals surface area contributed by atoms with Crippen LogP contribution in [-0.2, 0) is 0 Å². The lowest BCUT2D eigenvalue weighted by atomic mass is 10.0. The van der Waals surface area contributed by atoms with Gasteiger partial charge < -0.3 is 4.40 Å². The summed E-state index contributed by atoms with van der Waals surface area (Å²) in [4.78, 5) is 0. The van der Waals surface area contributed by atoms with E-state index in [2.05, 4.69) is 136 Å². The predicted molar refractivity (Wildman–Crippen MR) is 152 cm³/mol. The number of benzene rings is 4. The van der Waals surface area contributed by atoms with Crippen LogP contribution in [0.2, 0.25) is 5.02 Å². The van der Waals surface area contributed by atoms with Crippen LogP contribution < -0.4 is 0 Å². The lowest BCUT2D eigenvalue weighted by Gasteiger charge is -2.15. The van der Waals surface area contributed by atoms with Gasteiger partial charge in [0.25, 0.3) is 0 Å².